The van der Waals surface area contributed by atoms with Crippen molar-refractivity contribution in [1.29, 1.82) is 5.26 Å². The molecule has 3 rings (SSSR count). The molecule has 2 aromatic heterocycles. The lowest BCUT2D eigenvalue weighted by Gasteiger charge is -2.08. The Morgan fingerprint density at radius 3 is 2.55 bits per heavy atom. The summed E-state index contributed by atoms with van der Waals surface area (Å²) < 4.78 is 1.97. The van der Waals surface area contributed by atoms with E-state index >= 15 is 0 Å². The maximum absolute atomic E-state index is 9.22. The first kappa shape index (κ1) is 13.6. The number of imidazole rings is 1. The number of nitrogens with two attached hydrogens (primary N) is 2. The molecule has 0 radical (unpaired) electrons. The number of hydrogen-bond donors (Lipinski definition) is 2. The zero-order chi connectivity index (χ0) is 15.5. The van der Waals surface area contributed by atoms with Gasteiger partial charge in [-0.05, 0) is 5.56 Å². The summed E-state index contributed by atoms with van der Waals surface area (Å²) in [7, 11) is 0. The van der Waals surface area contributed by atoms with Crippen LogP contribution in [0.1, 0.15) is 11.1 Å². The molecule has 0 bridgehead atoms. The first-order valence-corrected chi connectivity index (χ1v) is 6.55. The van der Waals surface area contributed by atoms with E-state index in [-0.39, 0.29) is 17.3 Å². The second kappa shape index (κ2) is 5.54. The van der Waals surface area contributed by atoms with E-state index in [0.29, 0.717) is 5.69 Å². The lowest BCUT2D eigenvalue weighted by atomic mass is 10.0. The molecule has 0 spiro atoms. The van der Waals surface area contributed by atoms with E-state index in [1.165, 1.54) is 0 Å². The van der Waals surface area contributed by atoms with Crippen molar-refractivity contribution in [2.45, 2.75) is 6.54 Å². The van der Waals surface area contributed by atoms with E-state index in [0.717, 1.165) is 17.7 Å². The predicted molar refractivity (Wildman–Crippen MR) is 82.3 cm³/mol. The molecule has 3 aromatic rings. The lowest BCUT2D eigenvalue weighted by Crippen LogP contribution is -2.05. The molecule has 0 amide bonds. The summed E-state index contributed by atoms with van der Waals surface area (Å²) in [6.45, 7) is 0.722. The van der Waals surface area contributed by atoms with E-state index in [9.17, 15) is 5.26 Å². The second-order valence-corrected chi connectivity index (χ2v) is 4.73. The number of hydrogen-bond acceptors (Lipinski definition) is 6. The van der Waals surface area contributed by atoms with Gasteiger partial charge in [0.2, 0.25) is 5.95 Å². The first-order valence-electron chi connectivity index (χ1n) is 6.55. The van der Waals surface area contributed by atoms with E-state index in [1.807, 2.05) is 41.1 Å². The molecule has 7 nitrogen and oxygen atoms in total. The Morgan fingerprint density at radius 1 is 1.14 bits per heavy atom. The molecule has 0 aliphatic carbocycles. The van der Waals surface area contributed by atoms with Crippen molar-refractivity contribution >= 4 is 11.8 Å². The number of benzene rings is 1. The number of nitriles is 1. The van der Waals surface area contributed by atoms with Gasteiger partial charge in [0.15, 0.2) is 0 Å². The van der Waals surface area contributed by atoms with E-state index in [4.69, 9.17) is 11.5 Å². The molecule has 1 aromatic carbocycles. The number of rotatable bonds is 3. The number of nitrogens with zero attached hydrogens (tertiary/aromatic N) is 5. The monoisotopic (exact) mass is 291 g/mol. The third kappa shape index (κ3) is 2.58. The van der Waals surface area contributed by atoms with Gasteiger partial charge >= 0.3 is 0 Å². The fourth-order valence-corrected chi connectivity index (χ4v) is 2.17. The minimum Gasteiger partial charge on any atom is -0.382 e. The van der Waals surface area contributed by atoms with Gasteiger partial charge in [0.25, 0.3) is 0 Å². The molecule has 2 heterocycles. The lowest BCUT2D eigenvalue weighted by molar-refractivity contribution is 0.797. The summed E-state index contributed by atoms with van der Waals surface area (Å²) in [5.41, 5.74) is 13.9. The van der Waals surface area contributed by atoms with Crippen LogP contribution in [0.4, 0.5) is 11.8 Å². The van der Waals surface area contributed by atoms with Gasteiger partial charge in [-0.1, -0.05) is 24.3 Å². The predicted octanol–water partition coefficient (Wildman–Crippen LogP) is 1.42. The van der Waals surface area contributed by atoms with Crippen LogP contribution in [0.3, 0.4) is 0 Å². The van der Waals surface area contributed by atoms with Crippen molar-refractivity contribution in [1.82, 2.24) is 19.5 Å². The van der Waals surface area contributed by atoms with Crippen LogP contribution in [-0.2, 0) is 6.54 Å². The molecule has 4 N–H and O–H groups in total. The minimum atomic E-state index is 0.0500. The standard InChI is InChI=1S/C15H13N7/c16-7-12-13(20-15(18)21-14(12)17)11-3-1-10(2-4-11)8-22-6-5-19-9-22/h1-6,9H,8H2,(H4,17,18,20,21). The summed E-state index contributed by atoms with van der Waals surface area (Å²) in [5, 5.41) is 9.22. The molecular formula is C15H13N7. The Labute approximate surface area is 126 Å². The Balaban J connectivity index is 1.95. The van der Waals surface area contributed by atoms with Crippen molar-refractivity contribution < 1.29 is 0 Å². The van der Waals surface area contributed by atoms with Gasteiger partial charge in [0, 0.05) is 24.5 Å². The minimum absolute atomic E-state index is 0.0500. The van der Waals surface area contributed by atoms with Crippen LogP contribution in [0.5, 0.6) is 0 Å². The van der Waals surface area contributed by atoms with Crippen LogP contribution in [0.15, 0.2) is 43.0 Å². The fourth-order valence-electron chi connectivity index (χ4n) is 2.17. The number of anilines is 2. The summed E-state index contributed by atoms with van der Waals surface area (Å²) >= 11 is 0. The average molecular weight is 291 g/mol. The molecule has 0 fully saturated rings. The van der Waals surface area contributed by atoms with E-state index in [2.05, 4.69) is 15.0 Å². The van der Waals surface area contributed by atoms with Crippen LogP contribution in [0.2, 0.25) is 0 Å². The van der Waals surface area contributed by atoms with Crippen molar-refractivity contribution in [3.05, 3.63) is 54.1 Å². The van der Waals surface area contributed by atoms with Crippen LogP contribution in [-0.4, -0.2) is 19.5 Å². The van der Waals surface area contributed by atoms with Crippen molar-refractivity contribution in [2.75, 3.05) is 11.5 Å². The Morgan fingerprint density at radius 2 is 1.91 bits per heavy atom. The first-order chi connectivity index (χ1) is 10.7. The normalized spacial score (nSPS) is 10.3. The Bertz CT molecular complexity index is 830. The summed E-state index contributed by atoms with van der Waals surface area (Å²) in [6.07, 6.45) is 5.39. The summed E-state index contributed by atoms with van der Waals surface area (Å²) in [5.74, 6) is 0.140. The number of aromatic nitrogens is 4. The van der Waals surface area contributed by atoms with Crippen molar-refractivity contribution in [3.63, 3.8) is 0 Å². The zero-order valence-electron chi connectivity index (χ0n) is 11.6. The second-order valence-electron chi connectivity index (χ2n) is 4.73. The van der Waals surface area contributed by atoms with Crippen LogP contribution < -0.4 is 11.5 Å². The van der Waals surface area contributed by atoms with Gasteiger partial charge in [-0.2, -0.15) is 10.2 Å². The Hall–Kier alpha value is -3.40. The van der Waals surface area contributed by atoms with Crippen LogP contribution in [0, 0.1) is 11.3 Å². The smallest absolute Gasteiger partial charge is 0.222 e. The molecule has 0 aliphatic heterocycles. The highest BCUT2D eigenvalue weighted by molar-refractivity contribution is 5.73. The maximum Gasteiger partial charge on any atom is 0.222 e. The van der Waals surface area contributed by atoms with Crippen LogP contribution in [0.25, 0.3) is 11.3 Å². The van der Waals surface area contributed by atoms with Crippen molar-refractivity contribution in [3.8, 4) is 17.3 Å². The third-order valence-electron chi connectivity index (χ3n) is 3.22. The highest BCUT2D eigenvalue weighted by Crippen LogP contribution is 2.25. The Kier molecular flexibility index (Phi) is 3.42. The topological polar surface area (TPSA) is 119 Å². The highest BCUT2D eigenvalue weighted by atomic mass is 15.0. The van der Waals surface area contributed by atoms with Gasteiger partial charge in [-0.3, -0.25) is 0 Å². The maximum atomic E-state index is 9.22. The van der Waals surface area contributed by atoms with Gasteiger partial charge in [0.1, 0.15) is 17.5 Å². The molecule has 0 atom stereocenters. The molecule has 7 heteroatoms. The van der Waals surface area contributed by atoms with Gasteiger partial charge in [-0.25, -0.2) is 9.97 Å². The van der Waals surface area contributed by atoms with E-state index in [1.54, 1.807) is 12.5 Å². The SMILES string of the molecule is N#Cc1c(N)nc(N)nc1-c1ccc(Cn2ccnc2)cc1. The molecule has 0 aliphatic rings. The largest absolute Gasteiger partial charge is 0.382 e. The van der Waals surface area contributed by atoms with E-state index < -0.39 is 0 Å². The summed E-state index contributed by atoms with van der Waals surface area (Å²) in [6, 6.07) is 9.72. The molecular weight excluding hydrogens is 278 g/mol. The highest BCUT2D eigenvalue weighted by Gasteiger charge is 2.12. The molecule has 0 unspecified atom stereocenters. The fraction of sp³-hybridized carbons (Fsp3) is 0.0667. The molecule has 22 heavy (non-hydrogen) atoms. The summed E-state index contributed by atoms with van der Waals surface area (Å²) in [4.78, 5) is 11.9. The number of nitrogen functional groups attached to an aromatic ring is 2. The molecule has 0 saturated heterocycles. The third-order valence-corrected chi connectivity index (χ3v) is 3.22. The molecule has 0 saturated carbocycles. The van der Waals surface area contributed by atoms with Gasteiger partial charge in [-0.15, -0.1) is 0 Å². The quantitative estimate of drug-likeness (QED) is 0.753. The molecule has 108 valence electrons. The van der Waals surface area contributed by atoms with Crippen molar-refractivity contribution in [2.24, 2.45) is 0 Å². The average Bonchev–Trinajstić information content (AvgIpc) is 3.00. The zero-order valence-corrected chi connectivity index (χ0v) is 11.6. The van der Waals surface area contributed by atoms with Gasteiger partial charge < -0.3 is 16.0 Å². The van der Waals surface area contributed by atoms with Crippen LogP contribution >= 0.6 is 0 Å². The van der Waals surface area contributed by atoms with Gasteiger partial charge in [0.05, 0.1) is 12.0 Å².